The zero-order valence-electron chi connectivity index (χ0n) is 7.00. The molecular weight excluding hydrogens is 172 g/mol. The van der Waals surface area contributed by atoms with Gasteiger partial charge < -0.3 is 4.85 Å². The average Bonchev–Trinajstić information content (AvgIpc) is 2.03. The largest absolute Gasteiger partial charge is 0.361 e. The molecule has 1 heterocycles. The highest BCUT2D eigenvalue weighted by Crippen LogP contribution is 2.22. The van der Waals surface area contributed by atoms with Crippen molar-refractivity contribution in [1.82, 2.24) is 4.98 Å². The molecule has 0 radical (unpaired) electrons. The summed E-state index contributed by atoms with van der Waals surface area (Å²) in [4.78, 5) is 7.07. The van der Waals surface area contributed by atoms with Crippen LogP contribution in [0, 0.1) is 6.57 Å². The molecule has 0 aliphatic rings. The number of aromatic nitrogens is 1. The molecule has 0 aliphatic carbocycles. The Labute approximate surface area is 77.0 Å². The lowest BCUT2D eigenvalue weighted by atomic mass is 10.1. The summed E-state index contributed by atoms with van der Waals surface area (Å²) < 4.78 is 0. The minimum Gasteiger partial charge on any atom is -0.361 e. The third kappa shape index (κ3) is 1.96. The molecule has 0 saturated carbocycles. The maximum atomic E-state index is 6.78. The van der Waals surface area contributed by atoms with E-state index in [0.717, 1.165) is 5.56 Å². The second-order valence-electron chi connectivity index (χ2n) is 2.85. The quantitative estimate of drug-likeness (QED) is 0.478. The van der Waals surface area contributed by atoms with Gasteiger partial charge in [0.15, 0.2) is 0 Å². The van der Waals surface area contributed by atoms with Crippen molar-refractivity contribution in [2.24, 2.45) is 0 Å². The van der Waals surface area contributed by atoms with E-state index in [2.05, 4.69) is 23.7 Å². The van der Waals surface area contributed by atoms with Crippen LogP contribution in [0.4, 0.5) is 5.82 Å². The molecular formula is C9H9ClN2. The number of rotatable bonds is 1. The normalized spacial score (nSPS) is 9.92. The van der Waals surface area contributed by atoms with E-state index < -0.39 is 0 Å². The first-order chi connectivity index (χ1) is 5.63. The second kappa shape index (κ2) is 3.55. The van der Waals surface area contributed by atoms with Crippen LogP contribution in [0.5, 0.6) is 0 Å². The molecule has 0 aromatic carbocycles. The van der Waals surface area contributed by atoms with Gasteiger partial charge in [-0.1, -0.05) is 20.4 Å². The van der Waals surface area contributed by atoms with Gasteiger partial charge in [0.25, 0.3) is 5.82 Å². The Bertz CT molecular complexity index is 326. The van der Waals surface area contributed by atoms with Crippen molar-refractivity contribution in [3.05, 3.63) is 34.3 Å². The first kappa shape index (κ1) is 9.02. The molecule has 0 spiro atoms. The van der Waals surface area contributed by atoms with Crippen LogP contribution in [-0.2, 0) is 0 Å². The summed E-state index contributed by atoms with van der Waals surface area (Å²) in [5, 5.41) is 0.396. The highest BCUT2D eigenvalue weighted by molar-refractivity contribution is 6.29. The van der Waals surface area contributed by atoms with Crippen molar-refractivity contribution in [3.8, 4) is 0 Å². The SMILES string of the molecule is [C-]#[N+]c1cc(C(C)C)cc(Cl)n1. The Hall–Kier alpha value is -1.07. The van der Waals surface area contributed by atoms with Gasteiger partial charge in [-0.25, -0.2) is 0 Å². The average molecular weight is 181 g/mol. The lowest BCUT2D eigenvalue weighted by Crippen LogP contribution is -1.87. The Morgan fingerprint density at radius 2 is 2.17 bits per heavy atom. The van der Waals surface area contributed by atoms with Crippen molar-refractivity contribution in [2.75, 3.05) is 0 Å². The zero-order chi connectivity index (χ0) is 9.14. The van der Waals surface area contributed by atoms with Crippen LogP contribution in [0.2, 0.25) is 5.15 Å². The maximum Gasteiger partial charge on any atom is 0.271 e. The predicted molar refractivity (Wildman–Crippen MR) is 49.6 cm³/mol. The van der Waals surface area contributed by atoms with Crippen LogP contribution in [0.3, 0.4) is 0 Å². The number of hydrogen-bond acceptors (Lipinski definition) is 1. The lowest BCUT2D eigenvalue weighted by Gasteiger charge is -2.03. The van der Waals surface area contributed by atoms with Crippen molar-refractivity contribution >= 4 is 17.4 Å². The maximum absolute atomic E-state index is 6.78. The molecule has 0 atom stereocenters. The Balaban J connectivity index is 3.17. The van der Waals surface area contributed by atoms with E-state index in [1.807, 2.05) is 0 Å². The zero-order valence-corrected chi connectivity index (χ0v) is 7.76. The molecule has 1 rings (SSSR count). The molecule has 0 bridgehead atoms. The molecule has 0 aliphatic heterocycles. The summed E-state index contributed by atoms with van der Waals surface area (Å²) in [6, 6.07) is 3.56. The van der Waals surface area contributed by atoms with Crippen molar-refractivity contribution in [1.29, 1.82) is 0 Å². The highest BCUT2D eigenvalue weighted by Gasteiger charge is 2.05. The van der Waals surface area contributed by atoms with Crippen molar-refractivity contribution in [3.63, 3.8) is 0 Å². The van der Waals surface area contributed by atoms with E-state index in [0.29, 0.717) is 16.9 Å². The van der Waals surface area contributed by atoms with Gasteiger partial charge in [0.2, 0.25) is 5.15 Å². The highest BCUT2D eigenvalue weighted by atomic mass is 35.5. The van der Waals surface area contributed by atoms with E-state index in [4.69, 9.17) is 18.2 Å². The van der Waals surface area contributed by atoms with Crippen LogP contribution in [0.25, 0.3) is 4.85 Å². The number of pyridine rings is 1. The van der Waals surface area contributed by atoms with E-state index >= 15 is 0 Å². The Morgan fingerprint density at radius 3 is 2.67 bits per heavy atom. The molecule has 62 valence electrons. The first-order valence-electron chi connectivity index (χ1n) is 3.68. The van der Waals surface area contributed by atoms with E-state index in [1.165, 1.54) is 0 Å². The van der Waals surface area contributed by atoms with Crippen LogP contribution < -0.4 is 0 Å². The number of halogens is 1. The monoisotopic (exact) mass is 180 g/mol. The number of nitrogens with zero attached hydrogens (tertiary/aromatic N) is 2. The molecule has 0 amide bonds. The first-order valence-corrected chi connectivity index (χ1v) is 4.06. The standard InChI is InChI=1S/C9H9ClN2/c1-6(2)7-4-8(10)12-9(5-7)11-3/h4-6H,1-2H3. The fraction of sp³-hybridized carbons (Fsp3) is 0.333. The molecule has 0 N–H and O–H groups in total. The van der Waals surface area contributed by atoms with E-state index in [1.54, 1.807) is 12.1 Å². The summed E-state index contributed by atoms with van der Waals surface area (Å²) in [6.45, 7) is 10.9. The lowest BCUT2D eigenvalue weighted by molar-refractivity contribution is 0.864. The Kier molecular flexibility index (Phi) is 2.67. The number of hydrogen-bond donors (Lipinski definition) is 0. The molecule has 12 heavy (non-hydrogen) atoms. The minimum absolute atomic E-state index is 0.367. The molecule has 2 nitrogen and oxygen atoms in total. The van der Waals surface area contributed by atoms with Gasteiger partial charge in [-0.2, -0.15) is 0 Å². The van der Waals surface area contributed by atoms with Crippen molar-refractivity contribution < 1.29 is 0 Å². The summed E-state index contributed by atoms with van der Waals surface area (Å²) in [5.41, 5.74) is 1.06. The summed E-state index contributed by atoms with van der Waals surface area (Å²) in [7, 11) is 0. The van der Waals surface area contributed by atoms with Gasteiger partial charge in [0.05, 0.1) is 0 Å². The Morgan fingerprint density at radius 1 is 1.50 bits per heavy atom. The van der Waals surface area contributed by atoms with Crippen LogP contribution in [-0.4, -0.2) is 4.98 Å². The topological polar surface area (TPSA) is 17.2 Å². The molecule has 1 aromatic heterocycles. The van der Waals surface area contributed by atoms with Gasteiger partial charge in [-0.15, -0.1) is 4.98 Å². The van der Waals surface area contributed by atoms with Gasteiger partial charge in [0, 0.05) is 6.07 Å². The molecule has 0 unspecified atom stereocenters. The summed E-state index contributed by atoms with van der Waals surface area (Å²) in [6.07, 6.45) is 0. The van der Waals surface area contributed by atoms with Gasteiger partial charge in [-0.3, -0.25) is 0 Å². The van der Waals surface area contributed by atoms with Gasteiger partial charge in [-0.05, 0) is 29.1 Å². The van der Waals surface area contributed by atoms with E-state index in [9.17, 15) is 0 Å². The van der Waals surface area contributed by atoms with Crippen LogP contribution >= 0.6 is 11.6 Å². The minimum atomic E-state index is 0.367. The summed E-state index contributed by atoms with van der Waals surface area (Å²) >= 11 is 5.72. The third-order valence-electron chi connectivity index (χ3n) is 1.58. The molecule has 1 aromatic rings. The molecule has 3 heteroatoms. The van der Waals surface area contributed by atoms with Crippen LogP contribution in [0.1, 0.15) is 25.3 Å². The molecule has 0 fully saturated rings. The smallest absolute Gasteiger partial charge is 0.271 e. The summed E-state index contributed by atoms with van der Waals surface area (Å²) in [5.74, 6) is 0.747. The predicted octanol–water partition coefficient (Wildman–Crippen LogP) is 3.41. The molecule has 0 saturated heterocycles. The fourth-order valence-corrected chi connectivity index (χ4v) is 1.11. The van der Waals surface area contributed by atoms with Gasteiger partial charge >= 0.3 is 0 Å². The van der Waals surface area contributed by atoms with Crippen molar-refractivity contribution in [2.45, 2.75) is 19.8 Å². The third-order valence-corrected chi connectivity index (χ3v) is 1.78. The van der Waals surface area contributed by atoms with E-state index in [-0.39, 0.29) is 0 Å². The second-order valence-corrected chi connectivity index (χ2v) is 3.24. The fourth-order valence-electron chi connectivity index (χ4n) is 0.893. The van der Waals surface area contributed by atoms with Gasteiger partial charge in [0.1, 0.15) is 0 Å². The van der Waals surface area contributed by atoms with Crippen LogP contribution in [0.15, 0.2) is 12.1 Å².